The zero-order valence-corrected chi connectivity index (χ0v) is 13.2. The van der Waals surface area contributed by atoms with Crippen LogP contribution in [0.15, 0.2) is 18.2 Å². The van der Waals surface area contributed by atoms with Gasteiger partial charge in [-0.3, -0.25) is 4.79 Å². The topological polar surface area (TPSA) is 81.0 Å². The maximum absolute atomic E-state index is 12.7. The number of rotatable bonds is 4. The molecule has 0 aliphatic carbocycles. The van der Waals surface area contributed by atoms with Crippen LogP contribution in [0.4, 0.5) is 0 Å². The van der Waals surface area contributed by atoms with Crippen molar-refractivity contribution >= 4 is 5.91 Å². The standard InChI is InChI=1S/C17H25NO4/c1-3-7-17(11-19)10-18(8-6-15(17)21)16(22)14-9-13(20)5-4-12(14)2/h4-5,9,15,19-21H,3,6-8,10-11H2,1-2H3/t15-,17-/m0/s1. The molecule has 0 saturated carbocycles. The van der Waals surface area contributed by atoms with Crippen LogP contribution in [0.2, 0.25) is 0 Å². The van der Waals surface area contributed by atoms with E-state index in [-0.39, 0.29) is 18.3 Å². The molecule has 0 bridgehead atoms. The third-order valence-corrected chi connectivity index (χ3v) is 4.69. The smallest absolute Gasteiger partial charge is 0.254 e. The van der Waals surface area contributed by atoms with Crippen LogP contribution in [0.3, 0.4) is 0 Å². The first kappa shape index (κ1) is 16.8. The van der Waals surface area contributed by atoms with Crippen molar-refractivity contribution in [3.05, 3.63) is 29.3 Å². The Hall–Kier alpha value is -1.59. The zero-order valence-electron chi connectivity index (χ0n) is 13.2. The molecule has 22 heavy (non-hydrogen) atoms. The first-order chi connectivity index (χ1) is 10.4. The highest BCUT2D eigenvalue weighted by Crippen LogP contribution is 2.35. The molecule has 1 aromatic carbocycles. The minimum absolute atomic E-state index is 0.0629. The fourth-order valence-electron chi connectivity index (χ4n) is 3.31. The number of hydrogen-bond donors (Lipinski definition) is 3. The number of amides is 1. The molecule has 1 aromatic rings. The average Bonchev–Trinajstić information content (AvgIpc) is 2.51. The minimum atomic E-state index is -0.645. The van der Waals surface area contributed by atoms with Crippen LogP contribution in [0.1, 0.15) is 42.1 Å². The number of phenols is 1. The lowest BCUT2D eigenvalue weighted by atomic mass is 9.74. The van der Waals surface area contributed by atoms with Crippen LogP contribution in [0.25, 0.3) is 0 Å². The van der Waals surface area contributed by atoms with E-state index < -0.39 is 11.5 Å². The van der Waals surface area contributed by atoms with Crippen molar-refractivity contribution in [3.63, 3.8) is 0 Å². The molecule has 1 amide bonds. The third-order valence-electron chi connectivity index (χ3n) is 4.69. The summed E-state index contributed by atoms with van der Waals surface area (Å²) in [6.07, 6.45) is 1.38. The highest BCUT2D eigenvalue weighted by molar-refractivity contribution is 5.96. The number of aromatic hydroxyl groups is 1. The summed E-state index contributed by atoms with van der Waals surface area (Å²) in [5.74, 6) is -0.0952. The van der Waals surface area contributed by atoms with Crippen molar-refractivity contribution in [2.75, 3.05) is 19.7 Å². The third kappa shape index (κ3) is 3.10. The molecular formula is C17H25NO4. The Labute approximate surface area is 131 Å². The van der Waals surface area contributed by atoms with Crippen LogP contribution in [0.5, 0.6) is 5.75 Å². The van der Waals surface area contributed by atoms with Gasteiger partial charge in [0.25, 0.3) is 5.91 Å². The van der Waals surface area contributed by atoms with Crippen molar-refractivity contribution in [2.24, 2.45) is 5.41 Å². The van der Waals surface area contributed by atoms with Crippen LogP contribution >= 0.6 is 0 Å². The van der Waals surface area contributed by atoms with Crippen molar-refractivity contribution in [2.45, 2.75) is 39.2 Å². The molecule has 0 unspecified atom stereocenters. The number of nitrogens with zero attached hydrogens (tertiary/aromatic N) is 1. The molecule has 5 nitrogen and oxygen atoms in total. The maximum Gasteiger partial charge on any atom is 0.254 e. The predicted molar refractivity (Wildman–Crippen MR) is 83.8 cm³/mol. The molecule has 2 atom stereocenters. The van der Waals surface area contributed by atoms with Gasteiger partial charge in [0.15, 0.2) is 0 Å². The number of phenolic OH excluding ortho intramolecular Hbond substituents is 1. The highest BCUT2D eigenvalue weighted by Gasteiger charge is 2.43. The Morgan fingerprint density at radius 2 is 2.18 bits per heavy atom. The van der Waals surface area contributed by atoms with Gasteiger partial charge in [-0.05, 0) is 37.5 Å². The molecule has 1 aliphatic rings. The van der Waals surface area contributed by atoms with Gasteiger partial charge in [-0.25, -0.2) is 0 Å². The molecule has 122 valence electrons. The fraction of sp³-hybridized carbons (Fsp3) is 0.588. The van der Waals surface area contributed by atoms with Crippen LogP contribution in [-0.4, -0.2) is 51.9 Å². The van der Waals surface area contributed by atoms with Gasteiger partial charge in [0.05, 0.1) is 12.7 Å². The monoisotopic (exact) mass is 307 g/mol. The van der Waals surface area contributed by atoms with Gasteiger partial charge in [-0.15, -0.1) is 0 Å². The second kappa shape index (κ2) is 6.67. The summed E-state index contributed by atoms with van der Waals surface area (Å²) in [5, 5.41) is 29.7. The van der Waals surface area contributed by atoms with Crippen molar-refractivity contribution < 1.29 is 20.1 Å². The summed E-state index contributed by atoms with van der Waals surface area (Å²) in [6.45, 7) is 4.50. The van der Waals surface area contributed by atoms with E-state index in [0.717, 1.165) is 12.0 Å². The number of likely N-dealkylation sites (tertiary alicyclic amines) is 1. The highest BCUT2D eigenvalue weighted by atomic mass is 16.3. The molecule has 1 heterocycles. The van der Waals surface area contributed by atoms with E-state index in [1.165, 1.54) is 6.07 Å². The Morgan fingerprint density at radius 1 is 1.45 bits per heavy atom. The first-order valence-electron chi connectivity index (χ1n) is 7.81. The molecule has 1 saturated heterocycles. The summed E-state index contributed by atoms with van der Waals surface area (Å²) in [6, 6.07) is 4.75. The lowest BCUT2D eigenvalue weighted by molar-refractivity contribution is -0.0720. The SMILES string of the molecule is CCC[C@@]1(CO)CN(C(=O)c2cc(O)ccc2C)CC[C@@H]1O. The van der Waals surface area contributed by atoms with Gasteiger partial charge in [0.1, 0.15) is 5.75 Å². The molecule has 5 heteroatoms. The van der Waals surface area contributed by atoms with E-state index in [0.29, 0.717) is 31.5 Å². The van der Waals surface area contributed by atoms with Gasteiger partial charge in [0.2, 0.25) is 0 Å². The number of benzene rings is 1. The van der Waals surface area contributed by atoms with Crippen LogP contribution < -0.4 is 0 Å². The van der Waals surface area contributed by atoms with E-state index >= 15 is 0 Å². The van der Waals surface area contributed by atoms with E-state index in [2.05, 4.69) is 0 Å². The number of hydrogen-bond acceptors (Lipinski definition) is 4. The normalized spacial score (nSPS) is 25.3. The van der Waals surface area contributed by atoms with Gasteiger partial charge in [0, 0.05) is 24.1 Å². The molecule has 0 radical (unpaired) electrons. The fourth-order valence-corrected chi connectivity index (χ4v) is 3.31. The first-order valence-corrected chi connectivity index (χ1v) is 7.81. The summed E-state index contributed by atoms with van der Waals surface area (Å²) < 4.78 is 0. The number of carbonyl (C=O) groups is 1. The number of aliphatic hydroxyl groups is 2. The Kier molecular flexibility index (Phi) is 5.08. The number of piperidine rings is 1. The lowest BCUT2D eigenvalue weighted by Gasteiger charge is -2.45. The summed E-state index contributed by atoms with van der Waals surface area (Å²) in [4.78, 5) is 14.4. The number of carbonyl (C=O) groups excluding carboxylic acids is 1. The van der Waals surface area contributed by atoms with E-state index in [1.54, 1.807) is 17.0 Å². The molecule has 1 fully saturated rings. The van der Waals surface area contributed by atoms with Crippen LogP contribution in [-0.2, 0) is 0 Å². The minimum Gasteiger partial charge on any atom is -0.508 e. The number of aryl methyl sites for hydroxylation is 1. The van der Waals surface area contributed by atoms with Crippen molar-refractivity contribution in [3.8, 4) is 5.75 Å². The molecule has 2 rings (SSSR count). The lowest BCUT2D eigenvalue weighted by Crippen LogP contribution is -2.55. The summed E-state index contributed by atoms with van der Waals surface area (Å²) in [5.41, 5.74) is 0.631. The van der Waals surface area contributed by atoms with E-state index in [4.69, 9.17) is 0 Å². The molecule has 0 spiro atoms. The van der Waals surface area contributed by atoms with Gasteiger partial charge in [-0.2, -0.15) is 0 Å². The number of aliphatic hydroxyl groups excluding tert-OH is 2. The second-order valence-corrected chi connectivity index (χ2v) is 6.30. The predicted octanol–water partition coefficient (Wildman–Crippen LogP) is 1.69. The summed E-state index contributed by atoms with van der Waals surface area (Å²) >= 11 is 0. The average molecular weight is 307 g/mol. The van der Waals surface area contributed by atoms with Gasteiger partial charge in [-0.1, -0.05) is 19.4 Å². The van der Waals surface area contributed by atoms with Gasteiger partial charge >= 0.3 is 0 Å². The second-order valence-electron chi connectivity index (χ2n) is 6.30. The molecule has 1 aliphatic heterocycles. The van der Waals surface area contributed by atoms with E-state index in [9.17, 15) is 20.1 Å². The zero-order chi connectivity index (χ0) is 16.3. The largest absolute Gasteiger partial charge is 0.508 e. The van der Waals surface area contributed by atoms with E-state index in [1.807, 2.05) is 13.8 Å². The molecular weight excluding hydrogens is 282 g/mol. The van der Waals surface area contributed by atoms with Gasteiger partial charge < -0.3 is 20.2 Å². The van der Waals surface area contributed by atoms with Crippen molar-refractivity contribution in [1.82, 2.24) is 4.90 Å². The Morgan fingerprint density at radius 3 is 2.82 bits per heavy atom. The maximum atomic E-state index is 12.7. The van der Waals surface area contributed by atoms with Crippen LogP contribution in [0, 0.1) is 12.3 Å². The molecule has 0 aromatic heterocycles. The summed E-state index contributed by atoms with van der Waals surface area (Å²) in [7, 11) is 0. The quantitative estimate of drug-likeness (QED) is 0.790. The van der Waals surface area contributed by atoms with Crippen molar-refractivity contribution in [1.29, 1.82) is 0 Å². The Bertz CT molecular complexity index is 545. The Balaban J connectivity index is 2.25. The molecule has 3 N–H and O–H groups in total.